The van der Waals surface area contributed by atoms with Crippen LogP contribution < -0.4 is 5.56 Å². The van der Waals surface area contributed by atoms with Crippen molar-refractivity contribution in [2.45, 2.75) is 51.9 Å². The second-order valence-corrected chi connectivity index (χ2v) is 10.3. The van der Waals surface area contributed by atoms with Crippen LogP contribution in [0.5, 0.6) is 0 Å². The number of hydrogen-bond donors (Lipinski definition) is 0. The minimum atomic E-state index is -0.340. The number of nitrogens with zero attached hydrogens (tertiary/aromatic N) is 4. The molecule has 0 radical (unpaired) electrons. The summed E-state index contributed by atoms with van der Waals surface area (Å²) in [6.45, 7) is 6.08. The van der Waals surface area contributed by atoms with Gasteiger partial charge in [0.05, 0.1) is 30.3 Å². The number of rotatable bonds is 3. The van der Waals surface area contributed by atoms with Gasteiger partial charge in [0, 0.05) is 30.5 Å². The van der Waals surface area contributed by atoms with Gasteiger partial charge in [0.1, 0.15) is 21.8 Å². The van der Waals surface area contributed by atoms with Gasteiger partial charge >= 0.3 is 0 Å². The number of pyridine rings is 1. The van der Waals surface area contributed by atoms with Gasteiger partial charge in [0.15, 0.2) is 5.76 Å². The van der Waals surface area contributed by atoms with Crippen LogP contribution in [0.3, 0.4) is 0 Å². The standard InChI is InChI=1S/C24H24N4O4S/c1-24(2)10-14-15(12-32-24)19(16-6-5-9-31-16)26-22-18(14)20-21(33-22)23(30)28(13-25-20)11-17(29)27-7-3-4-8-27/h5-6,9,13H,3-4,7-8,10-12H2,1-2H3. The highest BCUT2D eigenvalue weighted by Crippen LogP contribution is 2.42. The highest BCUT2D eigenvalue weighted by Gasteiger charge is 2.32. The molecule has 2 aliphatic rings. The van der Waals surface area contributed by atoms with E-state index in [0.717, 1.165) is 53.0 Å². The average Bonchev–Trinajstić information content (AvgIpc) is 3.55. The summed E-state index contributed by atoms with van der Waals surface area (Å²) in [5, 5.41) is 0.909. The first-order chi connectivity index (χ1) is 15.9. The molecule has 33 heavy (non-hydrogen) atoms. The van der Waals surface area contributed by atoms with E-state index >= 15 is 0 Å². The largest absolute Gasteiger partial charge is 0.463 e. The van der Waals surface area contributed by atoms with Crippen LogP contribution in [0.25, 0.3) is 31.9 Å². The minimum absolute atomic E-state index is 0.0140. The van der Waals surface area contributed by atoms with Gasteiger partial charge < -0.3 is 14.1 Å². The van der Waals surface area contributed by atoms with Crippen LogP contribution >= 0.6 is 11.3 Å². The maximum absolute atomic E-state index is 13.3. The van der Waals surface area contributed by atoms with Crippen molar-refractivity contribution in [3.05, 3.63) is 46.2 Å². The number of carbonyl (C=O) groups excluding carboxylic acids is 1. The van der Waals surface area contributed by atoms with Gasteiger partial charge in [-0.25, -0.2) is 9.97 Å². The Morgan fingerprint density at radius 2 is 2.06 bits per heavy atom. The van der Waals surface area contributed by atoms with Crippen molar-refractivity contribution in [3.63, 3.8) is 0 Å². The van der Waals surface area contributed by atoms with E-state index in [1.165, 1.54) is 22.2 Å². The van der Waals surface area contributed by atoms with E-state index in [4.69, 9.17) is 14.1 Å². The zero-order valence-corrected chi connectivity index (χ0v) is 19.4. The molecular formula is C24H24N4O4S. The van der Waals surface area contributed by atoms with E-state index < -0.39 is 0 Å². The Morgan fingerprint density at radius 3 is 2.82 bits per heavy atom. The molecule has 6 heterocycles. The Balaban J connectivity index is 1.53. The molecule has 4 aromatic rings. The fourth-order valence-corrected chi connectivity index (χ4v) is 5.95. The quantitative estimate of drug-likeness (QED) is 0.459. The van der Waals surface area contributed by atoms with Crippen LogP contribution in [0.15, 0.2) is 33.9 Å². The predicted molar refractivity (Wildman–Crippen MR) is 125 cm³/mol. The van der Waals surface area contributed by atoms with Gasteiger partial charge in [-0.15, -0.1) is 11.3 Å². The molecule has 0 saturated carbocycles. The van der Waals surface area contributed by atoms with Crippen LogP contribution in [0.2, 0.25) is 0 Å². The molecule has 8 nitrogen and oxygen atoms in total. The normalized spacial score (nSPS) is 17.7. The summed E-state index contributed by atoms with van der Waals surface area (Å²) >= 11 is 1.33. The van der Waals surface area contributed by atoms with Crippen molar-refractivity contribution in [3.8, 4) is 11.5 Å². The van der Waals surface area contributed by atoms with Crippen LogP contribution in [0.1, 0.15) is 37.8 Å². The Kier molecular flexibility index (Phi) is 4.67. The lowest BCUT2D eigenvalue weighted by Gasteiger charge is -2.32. The fourth-order valence-electron chi connectivity index (χ4n) is 4.84. The SMILES string of the molecule is CC1(C)Cc2c(c(-c3ccco3)nc3sc4c(=O)n(CC(=O)N5CCCC5)cnc4c23)CO1. The summed E-state index contributed by atoms with van der Waals surface area (Å²) in [6, 6.07) is 3.72. The number of thiophene rings is 1. The molecule has 0 N–H and O–H groups in total. The van der Waals surface area contributed by atoms with Crippen molar-refractivity contribution in [2.75, 3.05) is 13.1 Å². The number of furan rings is 1. The molecular weight excluding hydrogens is 440 g/mol. The molecule has 1 fully saturated rings. The van der Waals surface area contributed by atoms with Gasteiger partial charge in [-0.2, -0.15) is 0 Å². The number of likely N-dealkylation sites (tertiary alicyclic amines) is 1. The van der Waals surface area contributed by atoms with Crippen LogP contribution in [-0.4, -0.2) is 44.0 Å². The van der Waals surface area contributed by atoms with Gasteiger partial charge in [0.25, 0.3) is 5.56 Å². The first-order valence-corrected chi connectivity index (χ1v) is 12.0. The molecule has 170 valence electrons. The van der Waals surface area contributed by atoms with E-state index in [0.29, 0.717) is 29.0 Å². The fraction of sp³-hybridized carbons (Fsp3) is 0.417. The zero-order chi connectivity index (χ0) is 22.7. The van der Waals surface area contributed by atoms with Crippen LogP contribution in [0, 0.1) is 0 Å². The zero-order valence-electron chi connectivity index (χ0n) is 18.6. The Morgan fingerprint density at radius 1 is 1.24 bits per heavy atom. The molecule has 2 aliphatic heterocycles. The second kappa shape index (κ2) is 7.50. The minimum Gasteiger partial charge on any atom is -0.463 e. The monoisotopic (exact) mass is 464 g/mol. The molecule has 0 aromatic carbocycles. The first-order valence-electron chi connectivity index (χ1n) is 11.2. The topological polar surface area (TPSA) is 90.5 Å². The number of amides is 1. The van der Waals surface area contributed by atoms with Crippen LogP contribution in [-0.2, 0) is 29.1 Å². The molecule has 0 spiro atoms. The van der Waals surface area contributed by atoms with Crippen molar-refractivity contribution in [1.29, 1.82) is 0 Å². The lowest BCUT2D eigenvalue weighted by atomic mass is 9.89. The third kappa shape index (κ3) is 3.38. The van der Waals surface area contributed by atoms with Crippen molar-refractivity contribution < 1.29 is 13.9 Å². The third-order valence-electron chi connectivity index (χ3n) is 6.54. The molecule has 9 heteroatoms. The Hall–Kier alpha value is -3.04. The summed E-state index contributed by atoms with van der Waals surface area (Å²) in [4.78, 5) is 38.1. The van der Waals surface area contributed by atoms with E-state index in [1.807, 2.05) is 17.0 Å². The summed E-state index contributed by atoms with van der Waals surface area (Å²) in [6.07, 6.45) is 5.84. The maximum atomic E-state index is 13.3. The lowest BCUT2D eigenvalue weighted by Crippen LogP contribution is -2.34. The first kappa shape index (κ1) is 20.6. The van der Waals surface area contributed by atoms with E-state index in [2.05, 4.69) is 18.8 Å². The third-order valence-corrected chi connectivity index (χ3v) is 7.60. The smallest absolute Gasteiger partial charge is 0.271 e. The number of hydrogen-bond acceptors (Lipinski definition) is 7. The predicted octanol–water partition coefficient (Wildman–Crippen LogP) is 3.74. The molecule has 0 unspecified atom stereocenters. The Labute approximate surface area is 193 Å². The van der Waals surface area contributed by atoms with Crippen molar-refractivity contribution >= 4 is 37.7 Å². The van der Waals surface area contributed by atoms with Crippen LogP contribution in [0.4, 0.5) is 0 Å². The highest BCUT2D eigenvalue weighted by atomic mass is 32.1. The van der Waals surface area contributed by atoms with E-state index in [1.54, 1.807) is 6.26 Å². The molecule has 1 amide bonds. The van der Waals surface area contributed by atoms with E-state index in [9.17, 15) is 9.59 Å². The second-order valence-electron chi connectivity index (χ2n) is 9.35. The number of fused-ring (bicyclic) bond motifs is 5. The molecule has 0 aliphatic carbocycles. The maximum Gasteiger partial charge on any atom is 0.271 e. The molecule has 1 saturated heterocycles. The van der Waals surface area contributed by atoms with Gasteiger partial charge in [-0.1, -0.05) is 0 Å². The average molecular weight is 465 g/mol. The molecule has 4 aromatic heterocycles. The van der Waals surface area contributed by atoms with Gasteiger partial charge in [-0.05, 0) is 44.4 Å². The Bertz CT molecular complexity index is 1450. The lowest BCUT2D eigenvalue weighted by molar-refractivity contribution is -0.130. The number of aromatic nitrogens is 3. The van der Waals surface area contributed by atoms with Gasteiger partial charge in [-0.3, -0.25) is 14.2 Å². The van der Waals surface area contributed by atoms with Gasteiger partial charge in [0.2, 0.25) is 5.91 Å². The molecule has 0 bridgehead atoms. The number of carbonyl (C=O) groups is 1. The molecule has 6 rings (SSSR count). The summed E-state index contributed by atoms with van der Waals surface area (Å²) in [5.74, 6) is 0.641. The summed E-state index contributed by atoms with van der Waals surface area (Å²) < 4.78 is 13.7. The highest BCUT2D eigenvalue weighted by molar-refractivity contribution is 7.25. The van der Waals surface area contributed by atoms with E-state index in [-0.39, 0.29) is 23.6 Å². The molecule has 0 atom stereocenters. The summed E-state index contributed by atoms with van der Waals surface area (Å²) in [7, 11) is 0. The summed E-state index contributed by atoms with van der Waals surface area (Å²) in [5.41, 5.74) is 2.94. The number of ether oxygens (including phenoxy) is 1. The van der Waals surface area contributed by atoms with Crippen molar-refractivity contribution in [2.24, 2.45) is 0 Å². The van der Waals surface area contributed by atoms with Crippen molar-refractivity contribution in [1.82, 2.24) is 19.4 Å².